The van der Waals surface area contributed by atoms with Gasteiger partial charge in [0.2, 0.25) is 0 Å². The molecule has 0 spiro atoms. The fourth-order valence-electron chi connectivity index (χ4n) is 11.0. The fraction of sp³-hybridized carbons (Fsp3) is 0. The molecule has 15 rings (SSSR count). The van der Waals surface area contributed by atoms with Crippen LogP contribution >= 0.6 is 11.3 Å². The maximum Gasteiger partial charge on any atom is 0.143 e. The number of benzene rings is 10. The summed E-state index contributed by atoms with van der Waals surface area (Å²) in [5.41, 5.74) is 16.2. The van der Waals surface area contributed by atoms with Crippen molar-refractivity contribution < 1.29 is 4.42 Å². The summed E-state index contributed by atoms with van der Waals surface area (Å²) in [5, 5.41) is 12.5. The third kappa shape index (κ3) is 4.64. The average molecular weight is 831 g/mol. The van der Waals surface area contributed by atoms with Crippen molar-refractivity contribution in [3.8, 4) is 39.1 Å². The van der Waals surface area contributed by atoms with E-state index in [4.69, 9.17) is 4.42 Å². The highest BCUT2D eigenvalue weighted by Gasteiger charge is 2.21. The minimum atomic E-state index is 0.909. The van der Waals surface area contributed by atoms with Crippen LogP contribution in [0.5, 0.6) is 0 Å². The van der Waals surface area contributed by atoms with E-state index in [9.17, 15) is 0 Å². The van der Waals surface area contributed by atoms with Gasteiger partial charge in [-0.3, -0.25) is 0 Å². The van der Waals surface area contributed by atoms with Gasteiger partial charge in [0, 0.05) is 74.5 Å². The van der Waals surface area contributed by atoms with Crippen LogP contribution in [0.3, 0.4) is 0 Å². The molecule has 10 aromatic carbocycles. The SMILES string of the molecule is c1ccc2c(c1)oc1c(-c3ccc4c(c3)c3cc(-c5cccc6c5sc5ccccc56)ccc3n4-c3ccc(-c4cc5c6ccccc6n6c7ccccc7c(c4)c56)cc3)cccc12. The predicted octanol–water partition coefficient (Wildman–Crippen LogP) is 17.2. The standard InChI is InChI=1S/C60H34N2OS/c1-5-19-52-42(11-1)50-33-38(34-51-43-12-2-6-20-53(43)62(52)58(50)51)35-23-27-39(28-24-35)61-54-29-25-36(40-15-9-17-46-44-13-3-7-21-56(44)63-59(40)46)31-48(54)49-32-37(26-30-55(49)61)41-16-10-18-47-45-14-4-8-22-57(45)64-60(41)47/h1-34H. The third-order valence-corrected chi connectivity index (χ3v) is 15.1. The van der Waals surface area contributed by atoms with Crippen molar-refractivity contribution in [1.82, 2.24) is 8.97 Å². The highest BCUT2D eigenvalue weighted by molar-refractivity contribution is 7.26. The summed E-state index contributed by atoms with van der Waals surface area (Å²) < 4.78 is 14.1. The minimum Gasteiger partial charge on any atom is -0.455 e. The molecule has 296 valence electrons. The molecule has 3 nitrogen and oxygen atoms in total. The van der Waals surface area contributed by atoms with Crippen molar-refractivity contribution in [2.45, 2.75) is 0 Å². The molecule has 0 fully saturated rings. The zero-order valence-electron chi connectivity index (χ0n) is 34.3. The maximum atomic E-state index is 6.57. The summed E-state index contributed by atoms with van der Waals surface area (Å²) >= 11 is 1.88. The molecule has 4 heteroatoms. The first-order chi connectivity index (χ1) is 31.7. The first-order valence-corrected chi connectivity index (χ1v) is 22.7. The summed E-state index contributed by atoms with van der Waals surface area (Å²) in [6.07, 6.45) is 0. The first kappa shape index (κ1) is 34.4. The van der Waals surface area contributed by atoms with Gasteiger partial charge >= 0.3 is 0 Å². The van der Waals surface area contributed by atoms with Gasteiger partial charge in [-0.25, -0.2) is 0 Å². The number of nitrogens with zero attached hydrogens (tertiary/aromatic N) is 2. The molecule has 0 bridgehead atoms. The lowest BCUT2D eigenvalue weighted by Gasteiger charge is -2.11. The number of hydrogen-bond donors (Lipinski definition) is 0. The van der Waals surface area contributed by atoms with Crippen LogP contribution in [-0.2, 0) is 0 Å². The molecule has 0 aliphatic heterocycles. The highest BCUT2D eigenvalue weighted by Crippen LogP contribution is 2.45. The van der Waals surface area contributed by atoms with E-state index in [1.165, 1.54) is 102 Å². The van der Waals surface area contributed by atoms with E-state index in [0.717, 1.165) is 38.8 Å². The lowest BCUT2D eigenvalue weighted by molar-refractivity contribution is 0.670. The Morgan fingerprint density at radius 2 is 0.891 bits per heavy atom. The van der Waals surface area contributed by atoms with E-state index in [1.54, 1.807) is 0 Å². The van der Waals surface area contributed by atoms with Crippen LogP contribution in [-0.4, -0.2) is 8.97 Å². The molecule has 0 atom stereocenters. The smallest absolute Gasteiger partial charge is 0.143 e. The van der Waals surface area contributed by atoms with Crippen LogP contribution in [0.15, 0.2) is 211 Å². The zero-order chi connectivity index (χ0) is 41.6. The highest BCUT2D eigenvalue weighted by atomic mass is 32.1. The van der Waals surface area contributed by atoms with Crippen molar-refractivity contribution >= 4 is 113 Å². The van der Waals surface area contributed by atoms with Crippen LogP contribution in [0.4, 0.5) is 0 Å². The number of thiophene rings is 1. The average Bonchev–Trinajstić information content (AvgIpc) is 4.17. The Bertz CT molecular complexity index is 4170. The monoisotopic (exact) mass is 830 g/mol. The molecule has 0 aliphatic rings. The second kappa shape index (κ2) is 12.7. The van der Waals surface area contributed by atoms with Crippen LogP contribution in [0.1, 0.15) is 0 Å². The van der Waals surface area contributed by atoms with Crippen LogP contribution in [0, 0.1) is 0 Å². The fourth-order valence-corrected chi connectivity index (χ4v) is 12.2. The van der Waals surface area contributed by atoms with Gasteiger partial charge in [-0.2, -0.15) is 0 Å². The molecule has 0 N–H and O–H groups in total. The number of para-hydroxylation sites is 4. The summed E-state index contributed by atoms with van der Waals surface area (Å²) in [6.45, 7) is 0. The zero-order valence-corrected chi connectivity index (χ0v) is 35.2. The van der Waals surface area contributed by atoms with Gasteiger partial charge in [-0.05, 0) is 101 Å². The van der Waals surface area contributed by atoms with E-state index < -0.39 is 0 Å². The van der Waals surface area contributed by atoms with E-state index in [1.807, 2.05) is 17.4 Å². The van der Waals surface area contributed by atoms with Gasteiger partial charge in [0.1, 0.15) is 11.2 Å². The predicted molar refractivity (Wildman–Crippen MR) is 272 cm³/mol. The molecule has 0 unspecified atom stereocenters. The Labute approximate surface area is 370 Å². The second-order valence-corrected chi connectivity index (χ2v) is 18.2. The number of hydrogen-bond acceptors (Lipinski definition) is 2. The van der Waals surface area contributed by atoms with Crippen molar-refractivity contribution in [3.63, 3.8) is 0 Å². The molecule has 0 saturated heterocycles. The van der Waals surface area contributed by atoms with Gasteiger partial charge in [0.15, 0.2) is 0 Å². The Hall–Kier alpha value is -8.18. The Balaban J connectivity index is 0.933. The lowest BCUT2D eigenvalue weighted by Crippen LogP contribution is -1.94. The van der Waals surface area contributed by atoms with Crippen LogP contribution < -0.4 is 0 Å². The van der Waals surface area contributed by atoms with Gasteiger partial charge in [0.25, 0.3) is 0 Å². The molecule has 0 saturated carbocycles. The molecule has 0 aliphatic carbocycles. The van der Waals surface area contributed by atoms with Crippen LogP contribution in [0.2, 0.25) is 0 Å². The van der Waals surface area contributed by atoms with Crippen molar-refractivity contribution in [2.24, 2.45) is 0 Å². The lowest BCUT2D eigenvalue weighted by atomic mass is 9.98. The largest absolute Gasteiger partial charge is 0.455 e. The summed E-state index contributed by atoms with van der Waals surface area (Å²) in [7, 11) is 0. The molecule has 0 radical (unpaired) electrons. The molecular weight excluding hydrogens is 797 g/mol. The van der Waals surface area contributed by atoms with Gasteiger partial charge in [0.05, 0.1) is 27.6 Å². The number of fused-ring (bicyclic) bond motifs is 15. The number of rotatable bonds is 4. The van der Waals surface area contributed by atoms with E-state index in [-0.39, 0.29) is 0 Å². The molecule has 5 heterocycles. The van der Waals surface area contributed by atoms with Crippen molar-refractivity contribution in [3.05, 3.63) is 206 Å². The number of aromatic nitrogens is 2. The maximum absolute atomic E-state index is 6.57. The minimum absolute atomic E-state index is 0.909. The number of furan rings is 1. The molecular formula is C60H34N2OS. The Kier molecular flexibility index (Phi) is 6.83. The van der Waals surface area contributed by atoms with E-state index in [2.05, 4.69) is 209 Å². The Morgan fingerprint density at radius 1 is 0.344 bits per heavy atom. The molecule has 15 aromatic rings. The third-order valence-electron chi connectivity index (χ3n) is 13.9. The molecule has 64 heavy (non-hydrogen) atoms. The van der Waals surface area contributed by atoms with E-state index >= 15 is 0 Å². The Morgan fingerprint density at radius 3 is 1.61 bits per heavy atom. The first-order valence-electron chi connectivity index (χ1n) is 21.9. The summed E-state index contributed by atoms with van der Waals surface area (Å²) in [5.74, 6) is 0. The van der Waals surface area contributed by atoms with Gasteiger partial charge in [-0.1, -0.05) is 133 Å². The van der Waals surface area contributed by atoms with E-state index in [0.29, 0.717) is 0 Å². The molecule has 5 aromatic heterocycles. The van der Waals surface area contributed by atoms with Gasteiger partial charge < -0.3 is 13.4 Å². The van der Waals surface area contributed by atoms with Gasteiger partial charge in [-0.15, -0.1) is 11.3 Å². The second-order valence-electron chi connectivity index (χ2n) is 17.2. The topological polar surface area (TPSA) is 22.5 Å². The van der Waals surface area contributed by atoms with Crippen LogP contribution in [0.25, 0.3) is 141 Å². The normalized spacial score (nSPS) is 12.4. The summed E-state index contributed by atoms with van der Waals surface area (Å²) in [6, 6.07) is 76.0. The quantitative estimate of drug-likeness (QED) is 0.173. The summed E-state index contributed by atoms with van der Waals surface area (Å²) in [4.78, 5) is 0. The van der Waals surface area contributed by atoms with Crippen molar-refractivity contribution in [2.75, 3.05) is 0 Å². The molecule has 0 amide bonds. The van der Waals surface area contributed by atoms with Crippen molar-refractivity contribution in [1.29, 1.82) is 0 Å².